The van der Waals surface area contributed by atoms with Crippen LogP contribution in [0.4, 0.5) is 0 Å². The SMILES string of the molecule is COc1ccc(C(=O)COC(=O)[C@@H]2CC(=O)N(NC(=O)c3ccc(OC)c(OC)c3)C2)cc1. The number of carbonyl (C=O) groups excluding carboxylic acids is 4. The zero-order valence-corrected chi connectivity index (χ0v) is 18.5. The van der Waals surface area contributed by atoms with E-state index in [-0.39, 0.29) is 24.3 Å². The van der Waals surface area contributed by atoms with E-state index in [2.05, 4.69) is 5.43 Å². The van der Waals surface area contributed by atoms with Gasteiger partial charge in [0.2, 0.25) is 5.91 Å². The summed E-state index contributed by atoms with van der Waals surface area (Å²) in [5, 5.41) is 1.07. The summed E-state index contributed by atoms with van der Waals surface area (Å²) in [7, 11) is 4.44. The molecule has 0 radical (unpaired) electrons. The Labute approximate surface area is 190 Å². The van der Waals surface area contributed by atoms with Crippen molar-refractivity contribution < 1.29 is 38.1 Å². The molecule has 0 bridgehead atoms. The van der Waals surface area contributed by atoms with Crippen molar-refractivity contribution in [1.29, 1.82) is 0 Å². The highest BCUT2D eigenvalue weighted by atomic mass is 16.5. The fourth-order valence-corrected chi connectivity index (χ4v) is 3.25. The Balaban J connectivity index is 1.54. The minimum atomic E-state index is -0.799. The van der Waals surface area contributed by atoms with Gasteiger partial charge >= 0.3 is 5.97 Å². The number of ketones is 1. The number of rotatable bonds is 9. The predicted molar refractivity (Wildman–Crippen MR) is 115 cm³/mol. The molecule has 33 heavy (non-hydrogen) atoms. The zero-order valence-electron chi connectivity index (χ0n) is 18.5. The standard InChI is InChI=1S/C23H24N2O8/c1-30-17-7-4-14(5-8-17)18(26)13-33-23(29)16-11-21(27)25(12-16)24-22(28)15-6-9-19(31-2)20(10-15)32-3/h4-10,16H,11-13H2,1-3H3,(H,24,28)/t16-/m1/s1. The molecule has 1 saturated heterocycles. The maximum atomic E-state index is 12.5. The number of Topliss-reactive ketones (excluding diaryl/α,β-unsaturated/α-hetero) is 1. The number of nitrogens with one attached hydrogen (secondary N) is 1. The van der Waals surface area contributed by atoms with Crippen molar-refractivity contribution in [2.75, 3.05) is 34.5 Å². The van der Waals surface area contributed by atoms with Gasteiger partial charge in [-0.15, -0.1) is 0 Å². The molecule has 1 atom stereocenters. The van der Waals surface area contributed by atoms with Crippen LogP contribution in [0.1, 0.15) is 27.1 Å². The summed E-state index contributed by atoms with van der Waals surface area (Å²) in [5.41, 5.74) is 3.10. The summed E-state index contributed by atoms with van der Waals surface area (Å²) in [5.74, 6) is -1.43. The van der Waals surface area contributed by atoms with Crippen LogP contribution in [-0.2, 0) is 14.3 Å². The fourth-order valence-electron chi connectivity index (χ4n) is 3.25. The number of hydrogen-bond donors (Lipinski definition) is 1. The van der Waals surface area contributed by atoms with Crippen molar-refractivity contribution in [3.8, 4) is 17.2 Å². The third-order valence-electron chi connectivity index (χ3n) is 5.10. The monoisotopic (exact) mass is 456 g/mol. The van der Waals surface area contributed by atoms with Crippen molar-refractivity contribution in [3.05, 3.63) is 53.6 Å². The average molecular weight is 456 g/mol. The van der Waals surface area contributed by atoms with Crippen LogP contribution in [0.25, 0.3) is 0 Å². The van der Waals surface area contributed by atoms with Crippen LogP contribution in [0.15, 0.2) is 42.5 Å². The van der Waals surface area contributed by atoms with Crippen LogP contribution in [0.5, 0.6) is 17.2 Å². The second-order valence-corrected chi connectivity index (χ2v) is 7.18. The van der Waals surface area contributed by atoms with Gasteiger partial charge in [-0.25, -0.2) is 0 Å². The van der Waals surface area contributed by atoms with Gasteiger partial charge in [-0.1, -0.05) is 0 Å². The van der Waals surface area contributed by atoms with Crippen molar-refractivity contribution in [2.24, 2.45) is 5.92 Å². The lowest BCUT2D eigenvalue weighted by molar-refractivity contribution is -0.147. The van der Waals surface area contributed by atoms with Crippen LogP contribution >= 0.6 is 0 Å². The number of nitrogens with zero attached hydrogens (tertiary/aromatic N) is 1. The number of ether oxygens (including phenoxy) is 4. The first kappa shape index (κ1) is 23.6. The van der Waals surface area contributed by atoms with Gasteiger partial charge in [0.1, 0.15) is 5.75 Å². The first-order valence-corrected chi connectivity index (χ1v) is 10.0. The van der Waals surface area contributed by atoms with E-state index in [1.165, 1.54) is 33.5 Å². The van der Waals surface area contributed by atoms with E-state index in [1.807, 2.05) is 0 Å². The quantitative estimate of drug-likeness (QED) is 0.447. The lowest BCUT2D eigenvalue weighted by atomic mass is 10.1. The molecule has 1 fully saturated rings. The van der Waals surface area contributed by atoms with Gasteiger partial charge in [-0.2, -0.15) is 0 Å². The molecule has 2 aromatic rings. The van der Waals surface area contributed by atoms with E-state index in [0.717, 1.165) is 5.01 Å². The van der Waals surface area contributed by atoms with Crippen molar-refractivity contribution in [1.82, 2.24) is 10.4 Å². The molecule has 10 nitrogen and oxygen atoms in total. The molecule has 10 heteroatoms. The van der Waals surface area contributed by atoms with E-state index >= 15 is 0 Å². The first-order valence-electron chi connectivity index (χ1n) is 10.0. The average Bonchev–Trinajstić information content (AvgIpc) is 3.21. The smallest absolute Gasteiger partial charge is 0.311 e. The molecule has 2 aromatic carbocycles. The Morgan fingerprint density at radius 1 is 0.939 bits per heavy atom. The van der Waals surface area contributed by atoms with Crippen LogP contribution in [0.2, 0.25) is 0 Å². The summed E-state index contributed by atoms with van der Waals surface area (Å²) in [6.45, 7) is -0.513. The molecule has 3 rings (SSSR count). The first-order chi connectivity index (χ1) is 15.9. The van der Waals surface area contributed by atoms with Crippen LogP contribution in [-0.4, -0.2) is 63.1 Å². The molecule has 0 unspecified atom stereocenters. The second-order valence-electron chi connectivity index (χ2n) is 7.18. The van der Waals surface area contributed by atoms with Gasteiger partial charge in [-0.3, -0.25) is 29.6 Å². The van der Waals surface area contributed by atoms with Crippen LogP contribution in [0.3, 0.4) is 0 Å². The Bertz CT molecular complexity index is 1050. The Hall–Kier alpha value is -4.08. The second kappa shape index (κ2) is 10.5. The van der Waals surface area contributed by atoms with Gasteiger partial charge < -0.3 is 18.9 Å². The Morgan fingerprint density at radius 2 is 1.61 bits per heavy atom. The summed E-state index contributed by atoms with van der Waals surface area (Å²) < 4.78 is 20.5. The van der Waals surface area contributed by atoms with E-state index in [9.17, 15) is 19.2 Å². The maximum absolute atomic E-state index is 12.5. The number of benzene rings is 2. The summed E-state index contributed by atoms with van der Waals surface area (Å²) in [6, 6.07) is 11.0. The van der Waals surface area contributed by atoms with Gasteiger partial charge in [-0.05, 0) is 42.5 Å². The van der Waals surface area contributed by atoms with Crippen LogP contribution in [0, 0.1) is 5.92 Å². The molecule has 1 aliphatic rings. The largest absolute Gasteiger partial charge is 0.497 e. The minimum Gasteiger partial charge on any atom is -0.497 e. The number of esters is 1. The number of amides is 2. The lowest BCUT2D eigenvalue weighted by Crippen LogP contribution is -2.43. The molecule has 0 saturated carbocycles. The number of carbonyl (C=O) groups is 4. The van der Waals surface area contributed by atoms with Gasteiger partial charge in [0.25, 0.3) is 5.91 Å². The van der Waals surface area contributed by atoms with Crippen molar-refractivity contribution >= 4 is 23.6 Å². The Morgan fingerprint density at radius 3 is 2.24 bits per heavy atom. The van der Waals surface area contributed by atoms with Gasteiger partial charge in [0.05, 0.1) is 33.8 Å². The number of methoxy groups -OCH3 is 3. The molecule has 0 aliphatic carbocycles. The Kier molecular flexibility index (Phi) is 7.50. The molecular weight excluding hydrogens is 432 g/mol. The van der Waals surface area contributed by atoms with E-state index < -0.39 is 30.3 Å². The van der Waals surface area contributed by atoms with E-state index in [1.54, 1.807) is 30.3 Å². The van der Waals surface area contributed by atoms with E-state index in [4.69, 9.17) is 18.9 Å². The molecule has 1 aliphatic heterocycles. The molecule has 0 aromatic heterocycles. The van der Waals surface area contributed by atoms with Crippen LogP contribution < -0.4 is 19.6 Å². The zero-order chi connectivity index (χ0) is 24.0. The highest BCUT2D eigenvalue weighted by Gasteiger charge is 2.36. The molecular formula is C23H24N2O8. The van der Waals surface area contributed by atoms with Gasteiger partial charge in [0.15, 0.2) is 23.9 Å². The molecule has 1 heterocycles. The fraction of sp³-hybridized carbons (Fsp3) is 0.304. The predicted octanol–water partition coefficient (Wildman–Crippen LogP) is 1.63. The summed E-state index contributed by atoms with van der Waals surface area (Å²) in [4.78, 5) is 49.4. The topological polar surface area (TPSA) is 120 Å². The maximum Gasteiger partial charge on any atom is 0.311 e. The minimum absolute atomic E-state index is 0.0621. The highest BCUT2D eigenvalue weighted by molar-refractivity contribution is 5.99. The summed E-state index contributed by atoms with van der Waals surface area (Å²) in [6.07, 6.45) is -0.137. The third kappa shape index (κ3) is 5.59. The molecule has 2 amide bonds. The summed E-state index contributed by atoms with van der Waals surface area (Å²) >= 11 is 0. The van der Waals surface area contributed by atoms with Gasteiger partial charge in [0, 0.05) is 17.5 Å². The number of hydrogen-bond acceptors (Lipinski definition) is 8. The number of hydrazine groups is 1. The molecule has 0 spiro atoms. The highest BCUT2D eigenvalue weighted by Crippen LogP contribution is 2.27. The van der Waals surface area contributed by atoms with Crippen molar-refractivity contribution in [3.63, 3.8) is 0 Å². The molecule has 174 valence electrons. The molecule has 1 N–H and O–H groups in total. The van der Waals surface area contributed by atoms with E-state index in [0.29, 0.717) is 22.8 Å². The van der Waals surface area contributed by atoms with Crippen molar-refractivity contribution in [2.45, 2.75) is 6.42 Å². The normalized spacial score (nSPS) is 15.1. The third-order valence-corrected chi connectivity index (χ3v) is 5.10. The lowest BCUT2D eigenvalue weighted by Gasteiger charge is -2.18.